The first kappa shape index (κ1) is 13.9. The van der Waals surface area contributed by atoms with E-state index in [0.29, 0.717) is 0 Å². The number of nitrogens with zero attached hydrogens (tertiary/aromatic N) is 1. The molecular formula is C11H25NO2. The van der Waals surface area contributed by atoms with Crippen molar-refractivity contribution in [2.45, 2.75) is 39.7 Å². The van der Waals surface area contributed by atoms with Crippen LogP contribution in [0.2, 0.25) is 0 Å². The average molecular weight is 203 g/mol. The van der Waals surface area contributed by atoms with Gasteiger partial charge in [-0.25, -0.2) is 0 Å². The van der Waals surface area contributed by atoms with Crippen LogP contribution >= 0.6 is 0 Å². The van der Waals surface area contributed by atoms with E-state index in [0.717, 1.165) is 19.4 Å². The number of aliphatic hydroxyl groups is 2. The summed E-state index contributed by atoms with van der Waals surface area (Å²) in [7, 11) is 2.00. The minimum Gasteiger partial charge on any atom is -0.396 e. The average Bonchev–Trinajstić information content (AvgIpc) is 2.24. The summed E-state index contributed by atoms with van der Waals surface area (Å²) in [5.74, 6) is 0. The van der Waals surface area contributed by atoms with E-state index in [-0.39, 0.29) is 24.7 Å². The Hall–Kier alpha value is -0.120. The Labute approximate surface area is 87.7 Å². The quantitative estimate of drug-likeness (QED) is 0.651. The number of rotatable bonds is 7. The van der Waals surface area contributed by atoms with Gasteiger partial charge in [-0.2, -0.15) is 0 Å². The number of hydrogen-bond donors (Lipinski definition) is 2. The summed E-state index contributed by atoms with van der Waals surface area (Å²) in [4.78, 5) is 2.11. The van der Waals surface area contributed by atoms with Gasteiger partial charge >= 0.3 is 0 Å². The van der Waals surface area contributed by atoms with Crippen molar-refractivity contribution in [1.29, 1.82) is 0 Å². The molecule has 0 aromatic carbocycles. The van der Waals surface area contributed by atoms with E-state index >= 15 is 0 Å². The second-order valence-corrected chi connectivity index (χ2v) is 4.31. The Morgan fingerprint density at radius 3 is 2.00 bits per heavy atom. The van der Waals surface area contributed by atoms with E-state index in [4.69, 9.17) is 5.11 Å². The van der Waals surface area contributed by atoms with Gasteiger partial charge in [-0.05, 0) is 26.8 Å². The Bertz CT molecular complexity index is 138. The second-order valence-electron chi connectivity index (χ2n) is 4.31. The molecule has 0 aromatic rings. The highest BCUT2D eigenvalue weighted by molar-refractivity contribution is 4.80. The molecule has 0 fully saturated rings. The van der Waals surface area contributed by atoms with Crippen molar-refractivity contribution in [3.05, 3.63) is 0 Å². The zero-order valence-corrected chi connectivity index (χ0v) is 9.95. The van der Waals surface area contributed by atoms with E-state index in [1.807, 2.05) is 14.0 Å². The zero-order valence-electron chi connectivity index (χ0n) is 9.95. The van der Waals surface area contributed by atoms with Gasteiger partial charge in [-0.1, -0.05) is 13.8 Å². The predicted octanol–water partition coefficient (Wildman–Crippen LogP) is 1.10. The fraction of sp³-hybridized carbons (Fsp3) is 1.00. The highest BCUT2D eigenvalue weighted by Gasteiger charge is 2.28. The lowest BCUT2D eigenvalue weighted by molar-refractivity contribution is 0.0496. The molecule has 0 spiro atoms. The van der Waals surface area contributed by atoms with E-state index in [1.165, 1.54) is 0 Å². The summed E-state index contributed by atoms with van der Waals surface area (Å²) in [5.41, 5.74) is -0.00181. The smallest absolute Gasteiger partial charge is 0.0584 e. The van der Waals surface area contributed by atoms with Crippen molar-refractivity contribution >= 4 is 0 Å². The van der Waals surface area contributed by atoms with Gasteiger partial charge < -0.3 is 15.1 Å². The van der Waals surface area contributed by atoms with Crippen LogP contribution in [0, 0.1) is 5.41 Å². The van der Waals surface area contributed by atoms with Crippen LogP contribution in [0.25, 0.3) is 0 Å². The molecule has 14 heavy (non-hydrogen) atoms. The van der Waals surface area contributed by atoms with Crippen LogP contribution in [0.15, 0.2) is 0 Å². The molecule has 0 amide bonds. The lowest BCUT2D eigenvalue weighted by Crippen LogP contribution is -2.42. The van der Waals surface area contributed by atoms with E-state index in [1.54, 1.807) is 0 Å². The lowest BCUT2D eigenvalue weighted by Gasteiger charge is -2.36. The third-order valence-electron chi connectivity index (χ3n) is 3.44. The van der Waals surface area contributed by atoms with Crippen molar-refractivity contribution in [3.63, 3.8) is 0 Å². The first-order valence-corrected chi connectivity index (χ1v) is 5.47. The van der Waals surface area contributed by atoms with Gasteiger partial charge in [0.1, 0.15) is 0 Å². The maximum absolute atomic E-state index is 9.39. The van der Waals surface area contributed by atoms with Crippen LogP contribution in [-0.2, 0) is 0 Å². The molecule has 0 heterocycles. The maximum atomic E-state index is 9.39. The monoisotopic (exact) mass is 203 g/mol. The van der Waals surface area contributed by atoms with Gasteiger partial charge in [-0.3, -0.25) is 0 Å². The fourth-order valence-electron chi connectivity index (χ4n) is 1.57. The van der Waals surface area contributed by atoms with Crippen LogP contribution in [0.5, 0.6) is 0 Å². The van der Waals surface area contributed by atoms with E-state index in [9.17, 15) is 5.11 Å². The summed E-state index contributed by atoms with van der Waals surface area (Å²) < 4.78 is 0. The van der Waals surface area contributed by atoms with Crippen LogP contribution in [0.1, 0.15) is 33.6 Å². The molecule has 3 nitrogen and oxygen atoms in total. The van der Waals surface area contributed by atoms with Crippen molar-refractivity contribution in [3.8, 4) is 0 Å². The normalized spacial score (nSPS) is 14.8. The van der Waals surface area contributed by atoms with Gasteiger partial charge in [0, 0.05) is 24.6 Å². The number of hydrogen-bond acceptors (Lipinski definition) is 3. The van der Waals surface area contributed by atoms with Crippen LogP contribution in [-0.4, -0.2) is 48.0 Å². The third-order valence-corrected chi connectivity index (χ3v) is 3.44. The van der Waals surface area contributed by atoms with Crippen molar-refractivity contribution in [2.75, 3.05) is 26.8 Å². The summed E-state index contributed by atoms with van der Waals surface area (Å²) >= 11 is 0. The molecule has 0 radical (unpaired) electrons. The molecule has 86 valence electrons. The first-order chi connectivity index (χ1) is 6.55. The largest absolute Gasteiger partial charge is 0.396 e. The van der Waals surface area contributed by atoms with Crippen molar-refractivity contribution in [2.24, 2.45) is 5.41 Å². The van der Waals surface area contributed by atoms with Crippen molar-refractivity contribution in [1.82, 2.24) is 4.90 Å². The number of likely N-dealkylation sites (N-methyl/N-ethyl adjacent to an activating group) is 1. The van der Waals surface area contributed by atoms with E-state index < -0.39 is 0 Å². The van der Waals surface area contributed by atoms with Crippen LogP contribution in [0.3, 0.4) is 0 Å². The molecule has 1 unspecified atom stereocenters. The van der Waals surface area contributed by atoms with Gasteiger partial charge in [0.15, 0.2) is 0 Å². The fourth-order valence-corrected chi connectivity index (χ4v) is 1.57. The lowest BCUT2D eigenvalue weighted by atomic mass is 9.82. The standard InChI is InChI=1S/C11H25NO2/c1-5-11(6-2,9-14)8-12(4)10(3)7-13/h10,13-14H,5-9H2,1-4H3. The molecule has 2 N–H and O–H groups in total. The molecule has 0 aliphatic rings. The third kappa shape index (κ3) is 3.56. The molecule has 1 atom stereocenters. The van der Waals surface area contributed by atoms with Crippen molar-refractivity contribution < 1.29 is 10.2 Å². The zero-order chi connectivity index (χ0) is 11.2. The molecule has 3 heteroatoms. The summed E-state index contributed by atoms with van der Waals surface area (Å²) in [5, 5.41) is 18.4. The number of aliphatic hydroxyl groups excluding tert-OH is 2. The topological polar surface area (TPSA) is 43.7 Å². The molecule has 0 aliphatic heterocycles. The minimum atomic E-state index is -0.00181. The second kappa shape index (κ2) is 6.38. The summed E-state index contributed by atoms with van der Waals surface area (Å²) in [6.45, 7) is 7.45. The molecule has 0 aromatic heterocycles. The molecular weight excluding hydrogens is 178 g/mol. The van der Waals surface area contributed by atoms with Gasteiger partial charge in [-0.15, -0.1) is 0 Å². The van der Waals surface area contributed by atoms with Gasteiger partial charge in [0.2, 0.25) is 0 Å². The first-order valence-electron chi connectivity index (χ1n) is 5.47. The highest BCUT2D eigenvalue weighted by Crippen LogP contribution is 2.26. The van der Waals surface area contributed by atoms with Crippen LogP contribution in [0.4, 0.5) is 0 Å². The van der Waals surface area contributed by atoms with Gasteiger partial charge in [0.05, 0.1) is 6.61 Å². The Kier molecular flexibility index (Phi) is 6.33. The molecule has 0 bridgehead atoms. The Morgan fingerprint density at radius 1 is 1.21 bits per heavy atom. The van der Waals surface area contributed by atoms with Gasteiger partial charge in [0.25, 0.3) is 0 Å². The highest BCUT2D eigenvalue weighted by atomic mass is 16.3. The Morgan fingerprint density at radius 2 is 1.71 bits per heavy atom. The van der Waals surface area contributed by atoms with E-state index in [2.05, 4.69) is 18.7 Å². The molecule has 0 saturated heterocycles. The SMILES string of the molecule is CCC(CC)(CO)CN(C)C(C)CO. The predicted molar refractivity (Wildman–Crippen MR) is 59.3 cm³/mol. The molecule has 0 saturated carbocycles. The molecule has 0 aliphatic carbocycles. The Balaban J connectivity index is 4.28. The summed E-state index contributed by atoms with van der Waals surface area (Å²) in [6.07, 6.45) is 1.95. The molecule has 0 rings (SSSR count). The van der Waals surface area contributed by atoms with Crippen LogP contribution < -0.4 is 0 Å². The maximum Gasteiger partial charge on any atom is 0.0584 e. The summed E-state index contributed by atoms with van der Waals surface area (Å²) in [6, 6.07) is 0.166. The minimum absolute atomic E-state index is 0.00181.